The second kappa shape index (κ2) is 7.65. The van der Waals surface area contributed by atoms with Crippen molar-refractivity contribution in [1.82, 2.24) is 10.3 Å². The number of aromatic nitrogens is 1. The molecular formula is C25H22N2O. The maximum absolute atomic E-state index is 13.3. The van der Waals surface area contributed by atoms with Crippen molar-refractivity contribution in [2.45, 2.75) is 19.9 Å². The predicted octanol–water partition coefficient (Wildman–Crippen LogP) is 5.37. The number of rotatable bonds is 4. The Hall–Kier alpha value is -3.46. The van der Waals surface area contributed by atoms with Gasteiger partial charge in [0.2, 0.25) is 0 Å². The lowest BCUT2D eigenvalue weighted by molar-refractivity contribution is 0.0944. The van der Waals surface area contributed by atoms with Crippen molar-refractivity contribution in [2.24, 2.45) is 0 Å². The molecule has 4 aromatic rings. The lowest BCUT2D eigenvalue weighted by atomic mass is 9.97. The number of amides is 1. The van der Waals surface area contributed by atoms with Crippen molar-refractivity contribution in [3.63, 3.8) is 0 Å². The highest BCUT2D eigenvalue weighted by atomic mass is 16.1. The number of para-hydroxylation sites is 1. The summed E-state index contributed by atoms with van der Waals surface area (Å²) in [5.41, 5.74) is 5.61. The molecule has 1 N–H and O–H groups in total. The summed E-state index contributed by atoms with van der Waals surface area (Å²) in [5, 5.41) is 4.10. The second-order valence-electron chi connectivity index (χ2n) is 7.06. The maximum Gasteiger partial charge on any atom is 0.252 e. The summed E-state index contributed by atoms with van der Waals surface area (Å²) in [6.45, 7) is 3.98. The molecule has 0 aliphatic carbocycles. The molecule has 0 spiro atoms. The van der Waals surface area contributed by atoms with Gasteiger partial charge in [0.25, 0.3) is 5.91 Å². The SMILES string of the molecule is Cc1ccc(C(NC(=O)c2cc(C)nc3ccccc23)c2ccccc2)cc1. The standard InChI is InChI=1S/C25H22N2O/c1-17-12-14-20(15-13-17)24(19-8-4-3-5-9-19)27-25(28)22-16-18(2)26-23-11-7-6-10-21(22)23/h3-16,24H,1-2H3,(H,27,28). The van der Waals surface area contributed by atoms with E-state index in [1.807, 2.05) is 67.6 Å². The largest absolute Gasteiger partial charge is 0.341 e. The van der Waals surface area contributed by atoms with E-state index in [1.165, 1.54) is 5.56 Å². The molecule has 3 nitrogen and oxygen atoms in total. The number of hydrogen-bond acceptors (Lipinski definition) is 2. The van der Waals surface area contributed by atoms with Crippen LogP contribution in [0.4, 0.5) is 0 Å². The van der Waals surface area contributed by atoms with Crippen LogP contribution in [-0.4, -0.2) is 10.9 Å². The molecule has 0 radical (unpaired) electrons. The van der Waals surface area contributed by atoms with E-state index in [9.17, 15) is 4.79 Å². The van der Waals surface area contributed by atoms with Crippen LogP contribution in [0.15, 0.2) is 84.9 Å². The van der Waals surface area contributed by atoms with Gasteiger partial charge in [-0.05, 0) is 37.1 Å². The van der Waals surface area contributed by atoms with Gasteiger partial charge in [0, 0.05) is 11.1 Å². The van der Waals surface area contributed by atoms with E-state index in [0.717, 1.165) is 27.7 Å². The Morgan fingerprint density at radius 3 is 2.21 bits per heavy atom. The number of aryl methyl sites for hydroxylation is 2. The molecule has 0 saturated carbocycles. The Morgan fingerprint density at radius 2 is 1.46 bits per heavy atom. The third kappa shape index (κ3) is 3.65. The van der Waals surface area contributed by atoms with Gasteiger partial charge in [-0.2, -0.15) is 0 Å². The highest BCUT2D eigenvalue weighted by Gasteiger charge is 2.19. The van der Waals surface area contributed by atoms with Gasteiger partial charge in [0.05, 0.1) is 17.1 Å². The van der Waals surface area contributed by atoms with Crippen LogP contribution in [0.1, 0.15) is 38.8 Å². The van der Waals surface area contributed by atoms with E-state index >= 15 is 0 Å². The first-order valence-corrected chi connectivity index (χ1v) is 9.40. The van der Waals surface area contributed by atoms with Gasteiger partial charge in [-0.25, -0.2) is 0 Å². The van der Waals surface area contributed by atoms with Crippen molar-refractivity contribution >= 4 is 16.8 Å². The van der Waals surface area contributed by atoms with Crippen molar-refractivity contribution in [3.8, 4) is 0 Å². The first-order chi connectivity index (χ1) is 13.6. The second-order valence-corrected chi connectivity index (χ2v) is 7.06. The topological polar surface area (TPSA) is 42.0 Å². The first-order valence-electron chi connectivity index (χ1n) is 9.40. The molecule has 3 aromatic carbocycles. The third-order valence-electron chi connectivity index (χ3n) is 4.91. The third-order valence-corrected chi connectivity index (χ3v) is 4.91. The number of nitrogens with one attached hydrogen (secondary N) is 1. The molecule has 4 rings (SSSR count). The Bertz CT molecular complexity index is 1120. The zero-order valence-corrected chi connectivity index (χ0v) is 16.0. The monoisotopic (exact) mass is 366 g/mol. The number of nitrogens with zero attached hydrogens (tertiary/aromatic N) is 1. The van der Waals surface area contributed by atoms with Crippen molar-refractivity contribution in [1.29, 1.82) is 0 Å². The van der Waals surface area contributed by atoms with Crippen molar-refractivity contribution < 1.29 is 4.79 Å². The molecule has 0 fully saturated rings. The van der Waals surface area contributed by atoms with E-state index in [2.05, 4.69) is 41.5 Å². The van der Waals surface area contributed by atoms with Crippen LogP contribution in [0.2, 0.25) is 0 Å². The minimum atomic E-state index is -0.221. The molecule has 1 aromatic heterocycles. The maximum atomic E-state index is 13.3. The van der Waals surface area contributed by atoms with Gasteiger partial charge in [0.1, 0.15) is 0 Å². The van der Waals surface area contributed by atoms with Gasteiger partial charge in [-0.1, -0.05) is 78.4 Å². The first kappa shape index (κ1) is 17.9. The molecular weight excluding hydrogens is 344 g/mol. The summed E-state index contributed by atoms with van der Waals surface area (Å²) in [6.07, 6.45) is 0. The zero-order chi connectivity index (χ0) is 19.5. The highest BCUT2D eigenvalue weighted by molar-refractivity contribution is 6.06. The van der Waals surface area contributed by atoms with Gasteiger partial charge in [-0.15, -0.1) is 0 Å². The zero-order valence-electron chi connectivity index (χ0n) is 16.0. The molecule has 0 saturated heterocycles. The summed E-state index contributed by atoms with van der Waals surface area (Å²) in [6, 6.07) is 27.7. The molecule has 0 bridgehead atoms. The van der Waals surface area contributed by atoms with Crippen LogP contribution in [0.5, 0.6) is 0 Å². The minimum absolute atomic E-state index is 0.101. The quantitative estimate of drug-likeness (QED) is 0.527. The summed E-state index contributed by atoms with van der Waals surface area (Å²) in [4.78, 5) is 17.8. The summed E-state index contributed by atoms with van der Waals surface area (Å²) in [7, 11) is 0. The lowest BCUT2D eigenvalue weighted by Crippen LogP contribution is -2.29. The van der Waals surface area contributed by atoms with Gasteiger partial charge in [-0.3, -0.25) is 9.78 Å². The summed E-state index contributed by atoms with van der Waals surface area (Å²) in [5.74, 6) is -0.101. The Morgan fingerprint density at radius 1 is 0.821 bits per heavy atom. The van der Waals surface area contributed by atoms with Crippen LogP contribution >= 0.6 is 0 Å². The number of carbonyl (C=O) groups excluding carboxylic acids is 1. The van der Waals surface area contributed by atoms with E-state index in [1.54, 1.807) is 0 Å². The molecule has 1 heterocycles. The number of pyridine rings is 1. The average Bonchev–Trinajstić information content (AvgIpc) is 2.72. The number of hydrogen-bond donors (Lipinski definition) is 1. The van der Waals surface area contributed by atoms with Crippen molar-refractivity contribution in [3.05, 3.63) is 113 Å². The predicted molar refractivity (Wildman–Crippen MR) is 113 cm³/mol. The Labute approximate surface area is 165 Å². The van der Waals surface area contributed by atoms with Crippen LogP contribution in [0, 0.1) is 13.8 Å². The fourth-order valence-corrected chi connectivity index (χ4v) is 3.47. The van der Waals surface area contributed by atoms with E-state index in [4.69, 9.17) is 0 Å². The molecule has 3 heteroatoms. The van der Waals surface area contributed by atoms with Crippen molar-refractivity contribution in [2.75, 3.05) is 0 Å². The van der Waals surface area contributed by atoms with Crippen LogP contribution in [-0.2, 0) is 0 Å². The van der Waals surface area contributed by atoms with E-state index in [-0.39, 0.29) is 11.9 Å². The fourth-order valence-electron chi connectivity index (χ4n) is 3.47. The molecule has 0 aliphatic rings. The average molecular weight is 366 g/mol. The molecule has 28 heavy (non-hydrogen) atoms. The Balaban J connectivity index is 1.75. The van der Waals surface area contributed by atoms with E-state index in [0.29, 0.717) is 5.56 Å². The normalized spacial score (nSPS) is 11.9. The summed E-state index contributed by atoms with van der Waals surface area (Å²) < 4.78 is 0. The molecule has 1 amide bonds. The number of benzene rings is 3. The molecule has 138 valence electrons. The Kier molecular flexibility index (Phi) is 4.90. The smallest absolute Gasteiger partial charge is 0.252 e. The fraction of sp³-hybridized carbons (Fsp3) is 0.120. The highest BCUT2D eigenvalue weighted by Crippen LogP contribution is 2.25. The van der Waals surface area contributed by atoms with Crippen LogP contribution in [0.3, 0.4) is 0 Å². The van der Waals surface area contributed by atoms with Crippen LogP contribution < -0.4 is 5.32 Å². The van der Waals surface area contributed by atoms with Gasteiger partial charge in [0.15, 0.2) is 0 Å². The van der Waals surface area contributed by atoms with Crippen LogP contribution in [0.25, 0.3) is 10.9 Å². The van der Waals surface area contributed by atoms with Gasteiger partial charge >= 0.3 is 0 Å². The lowest BCUT2D eigenvalue weighted by Gasteiger charge is -2.21. The molecule has 0 aliphatic heterocycles. The van der Waals surface area contributed by atoms with Gasteiger partial charge < -0.3 is 5.32 Å². The molecule has 1 unspecified atom stereocenters. The number of fused-ring (bicyclic) bond motifs is 1. The summed E-state index contributed by atoms with van der Waals surface area (Å²) >= 11 is 0. The molecule has 1 atom stereocenters. The van der Waals surface area contributed by atoms with E-state index < -0.39 is 0 Å². The number of carbonyl (C=O) groups is 1. The minimum Gasteiger partial charge on any atom is -0.341 e.